The van der Waals surface area contributed by atoms with Gasteiger partial charge in [0, 0.05) is 11.5 Å². The van der Waals surface area contributed by atoms with Crippen molar-refractivity contribution < 1.29 is 5.11 Å². The number of hydrogen-bond acceptors (Lipinski definition) is 2. The third-order valence-electron chi connectivity index (χ3n) is 11.6. The minimum atomic E-state index is 0.155. The van der Waals surface area contributed by atoms with Gasteiger partial charge in [0.15, 0.2) is 0 Å². The Morgan fingerprint density at radius 2 is 1.67 bits per heavy atom. The van der Waals surface area contributed by atoms with Gasteiger partial charge in [0.25, 0.3) is 0 Å². The molecule has 0 spiro atoms. The van der Waals surface area contributed by atoms with Gasteiger partial charge in [0.05, 0.1) is 5.76 Å². The first-order valence-electron chi connectivity index (χ1n) is 12.8. The molecule has 0 radical (unpaired) electrons. The van der Waals surface area contributed by atoms with Gasteiger partial charge in [-0.2, -0.15) is 0 Å². The minimum absolute atomic E-state index is 0.155. The molecule has 9 atom stereocenters. The van der Waals surface area contributed by atoms with Crippen molar-refractivity contribution in [3.05, 3.63) is 24.5 Å². The zero-order valence-electron chi connectivity index (χ0n) is 20.3. The van der Waals surface area contributed by atoms with Crippen molar-refractivity contribution in [2.45, 2.75) is 104 Å². The average Bonchev–Trinajstić information content (AvgIpc) is 3.08. The number of aliphatic hydroxyl groups excluding tert-OH is 1. The predicted molar refractivity (Wildman–Crippen MR) is 127 cm³/mol. The van der Waals surface area contributed by atoms with Gasteiger partial charge < -0.3 is 10.8 Å². The molecule has 7 unspecified atom stereocenters. The Morgan fingerprint density at radius 1 is 0.967 bits per heavy atom. The van der Waals surface area contributed by atoms with Crippen LogP contribution in [-0.2, 0) is 0 Å². The lowest BCUT2D eigenvalue weighted by Crippen LogP contribution is -2.66. The van der Waals surface area contributed by atoms with Gasteiger partial charge in [-0.15, -0.1) is 6.58 Å². The first kappa shape index (κ1) is 22.4. The number of fused-ring (bicyclic) bond motifs is 7. The lowest BCUT2D eigenvalue weighted by atomic mass is 9.34. The summed E-state index contributed by atoms with van der Waals surface area (Å²) < 4.78 is 0. The molecular weight excluding hydrogens is 366 g/mol. The Kier molecular flexibility index (Phi) is 5.53. The van der Waals surface area contributed by atoms with Crippen molar-refractivity contribution >= 4 is 0 Å². The fraction of sp³-hybridized carbons (Fsp3) is 0.857. The Hall–Kier alpha value is -0.760. The van der Waals surface area contributed by atoms with E-state index in [-0.39, 0.29) is 5.54 Å². The highest BCUT2D eigenvalue weighted by molar-refractivity contribution is 5.21. The van der Waals surface area contributed by atoms with Crippen LogP contribution in [-0.4, -0.2) is 10.6 Å². The van der Waals surface area contributed by atoms with Crippen molar-refractivity contribution in [1.29, 1.82) is 0 Å². The molecule has 5 rings (SSSR count). The normalized spacial score (nSPS) is 54.3. The molecule has 0 saturated heterocycles. The third-order valence-corrected chi connectivity index (χ3v) is 11.6. The molecule has 4 saturated carbocycles. The fourth-order valence-corrected chi connectivity index (χ4v) is 9.84. The van der Waals surface area contributed by atoms with Crippen LogP contribution in [0.15, 0.2) is 24.5 Å². The Morgan fingerprint density at radius 3 is 2.37 bits per heavy atom. The highest BCUT2D eigenvalue weighted by atomic mass is 16.3. The summed E-state index contributed by atoms with van der Waals surface area (Å²) in [6, 6.07) is 0. The van der Waals surface area contributed by atoms with E-state index >= 15 is 0 Å². The summed E-state index contributed by atoms with van der Waals surface area (Å²) in [6.45, 7) is 15.4. The maximum absolute atomic E-state index is 10.4. The number of aliphatic hydroxyl groups is 1. The lowest BCUT2D eigenvalue weighted by molar-refractivity contribution is -0.212. The standard InChI is InChI=1S/C25H41NO.C3H6/c1-16-17-9-13-24(4)21(22(17,2)12-10-20(16)27)8-7-18-19-6-5-11-25(19,26)15-14-23(18,24)3;1-3-2/h10,16-19,21,27H,5-9,11-15,26H2,1-4H3;3H,1H2,2H3/t16?,17?,18?,19-,21?,22?,23-,24?,25?;/m1./s1. The van der Waals surface area contributed by atoms with Gasteiger partial charge in [0.1, 0.15) is 0 Å². The molecule has 0 aromatic heterocycles. The van der Waals surface area contributed by atoms with E-state index in [9.17, 15) is 5.11 Å². The summed E-state index contributed by atoms with van der Waals surface area (Å²) in [5, 5.41) is 10.4. The summed E-state index contributed by atoms with van der Waals surface area (Å²) in [7, 11) is 0. The molecule has 5 aliphatic carbocycles. The Balaban J connectivity index is 0.000000687. The zero-order valence-corrected chi connectivity index (χ0v) is 20.3. The van der Waals surface area contributed by atoms with Crippen LogP contribution in [0.3, 0.4) is 0 Å². The highest BCUT2D eigenvalue weighted by Gasteiger charge is 2.68. The van der Waals surface area contributed by atoms with Crippen LogP contribution in [0.25, 0.3) is 0 Å². The molecule has 0 aromatic rings. The van der Waals surface area contributed by atoms with E-state index in [0.717, 1.165) is 24.2 Å². The van der Waals surface area contributed by atoms with Crippen LogP contribution in [0.4, 0.5) is 0 Å². The molecule has 170 valence electrons. The maximum atomic E-state index is 10.4. The van der Waals surface area contributed by atoms with Gasteiger partial charge >= 0.3 is 0 Å². The van der Waals surface area contributed by atoms with Gasteiger partial charge in [-0.3, -0.25) is 0 Å². The summed E-state index contributed by atoms with van der Waals surface area (Å²) in [6.07, 6.45) is 17.0. The Labute approximate surface area is 185 Å². The van der Waals surface area contributed by atoms with Crippen LogP contribution < -0.4 is 5.73 Å². The zero-order chi connectivity index (χ0) is 21.9. The van der Waals surface area contributed by atoms with E-state index < -0.39 is 0 Å². The highest BCUT2D eigenvalue weighted by Crippen LogP contribution is 2.74. The summed E-state index contributed by atoms with van der Waals surface area (Å²) in [4.78, 5) is 0. The first-order chi connectivity index (χ1) is 14.1. The van der Waals surface area contributed by atoms with Gasteiger partial charge in [-0.1, -0.05) is 40.2 Å². The maximum Gasteiger partial charge on any atom is 0.0914 e. The van der Waals surface area contributed by atoms with Crippen LogP contribution in [0.2, 0.25) is 0 Å². The van der Waals surface area contributed by atoms with Gasteiger partial charge in [-0.05, 0) is 111 Å². The van der Waals surface area contributed by atoms with Crippen molar-refractivity contribution in [2.24, 2.45) is 51.6 Å². The third kappa shape index (κ3) is 2.84. The molecule has 30 heavy (non-hydrogen) atoms. The van der Waals surface area contributed by atoms with E-state index in [1.807, 2.05) is 6.92 Å². The van der Waals surface area contributed by atoms with E-state index in [2.05, 4.69) is 40.3 Å². The quantitative estimate of drug-likeness (QED) is 0.406. The van der Waals surface area contributed by atoms with Crippen molar-refractivity contribution in [3.63, 3.8) is 0 Å². The fourth-order valence-electron chi connectivity index (χ4n) is 9.84. The van der Waals surface area contributed by atoms with E-state index in [1.165, 1.54) is 57.8 Å². The first-order valence-corrected chi connectivity index (χ1v) is 12.8. The topological polar surface area (TPSA) is 46.2 Å². The SMILES string of the molecule is C=CC.CC1C(O)=CCC2(C)C1CCC1(C)C2CCC2[C@H]3CCCC3(N)CC[C@]21C. The number of nitrogens with two attached hydrogens (primary N) is 1. The lowest BCUT2D eigenvalue weighted by Gasteiger charge is -2.71. The molecular formula is C28H47NO. The number of rotatable bonds is 0. The van der Waals surface area contributed by atoms with Crippen molar-refractivity contribution in [2.75, 3.05) is 0 Å². The smallest absolute Gasteiger partial charge is 0.0914 e. The molecule has 2 nitrogen and oxygen atoms in total. The van der Waals surface area contributed by atoms with Crippen LogP contribution in [0.1, 0.15) is 98.8 Å². The molecule has 0 bridgehead atoms. The molecule has 0 amide bonds. The molecule has 4 fully saturated rings. The summed E-state index contributed by atoms with van der Waals surface area (Å²) in [5.74, 6) is 4.07. The molecule has 3 N–H and O–H groups in total. The summed E-state index contributed by atoms with van der Waals surface area (Å²) in [5.41, 5.74) is 8.38. The van der Waals surface area contributed by atoms with E-state index in [1.54, 1.807) is 6.08 Å². The molecule has 0 aliphatic heterocycles. The van der Waals surface area contributed by atoms with Crippen LogP contribution in [0.5, 0.6) is 0 Å². The second-order valence-electron chi connectivity index (χ2n) is 12.5. The Bertz CT molecular complexity index is 713. The van der Waals surface area contributed by atoms with Gasteiger partial charge in [-0.25, -0.2) is 0 Å². The minimum Gasteiger partial charge on any atom is -0.512 e. The second kappa shape index (κ2) is 7.39. The molecule has 5 aliphatic rings. The molecule has 0 aromatic carbocycles. The van der Waals surface area contributed by atoms with Gasteiger partial charge in [0.2, 0.25) is 0 Å². The largest absolute Gasteiger partial charge is 0.512 e. The number of hydrogen-bond donors (Lipinski definition) is 2. The monoisotopic (exact) mass is 413 g/mol. The van der Waals surface area contributed by atoms with Crippen molar-refractivity contribution in [1.82, 2.24) is 0 Å². The molecule has 0 heterocycles. The van der Waals surface area contributed by atoms with Crippen molar-refractivity contribution in [3.8, 4) is 0 Å². The second-order valence-corrected chi connectivity index (χ2v) is 12.5. The number of allylic oxidation sites excluding steroid dienone is 3. The van der Waals surface area contributed by atoms with E-state index in [4.69, 9.17) is 5.73 Å². The predicted octanol–water partition coefficient (Wildman–Crippen LogP) is 7.41. The van der Waals surface area contributed by atoms with Crippen LogP contribution in [0, 0.1) is 45.8 Å². The van der Waals surface area contributed by atoms with Crippen LogP contribution >= 0.6 is 0 Å². The average molecular weight is 414 g/mol. The van der Waals surface area contributed by atoms with E-state index in [0.29, 0.717) is 33.8 Å². The summed E-state index contributed by atoms with van der Waals surface area (Å²) >= 11 is 0. The molecule has 2 heteroatoms.